The molecule has 1 heterocycles. The van der Waals surface area contributed by atoms with Gasteiger partial charge >= 0.3 is 0 Å². The summed E-state index contributed by atoms with van der Waals surface area (Å²) < 4.78 is 10.9. The molecular formula is C14H16N2O3. The van der Waals surface area contributed by atoms with Crippen LogP contribution in [0.1, 0.15) is 27.2 Å². The molecule has 0 fully saturated rings. The zero-order valence-corrected chi connectivity index (χ0v) is 10.9. The number of hydrogen-bond donors (Lipinski definition) is 2. The number of furan rings is 1. The molecule has 100 valence electrons. The zero-order chi connectivity index (χ0) is 13.8. The monoisotopic (exact) mass is 260 g/mol. The highest BCUT2D eigenvalue weighted by Crippen LogP contribution is 2.18. The first kappa shape index (κ1) is 13.2. The van der Waals surface area contributed by atoms with E-state index in [0.29, 0.717) is 11.3 Å². The van der Waals surface area contributed by atoms with Gasteiger partial charge in [-0.1, -0.05) is 6.07 Å². The standard InChI is InChI=1S/C14H16N2O3/c1-9-3-10(2)5-12(4-9)19-8-13-6-11(7-18-13)14(17)16-15/h3-7H,8,15H2,1-2H3,(H,16,17). The maximum Gasteiger partial charge on any atom is 0.268 e. The van der Waals surface area contributed by atoms with Crippen molar-refractivity contribution in [3.05, 3.63) is 53.0 Å². The summed E-state index contributed by atoms with van der Waals surface area (Å²) in [5.41, 5.74) is 4.69. The van der Waals surface area contributed by atoms with Crippen molar-refractivity contribution in [3.8, 4) is 5.75 Å². The molecule has 0 unspecified atom stereocenters. The van der Waals surface area contributed by atoms with Crippen LogP contribution in [0.3, 0.4) is 0 Å². The van der Waals surface area contributed by atoms with Crippen molar-refractivity contribution < 1.29 is 13.9 Å². The van der Waals surface area contributed by atoms with Crippen molar-refractivity contribution in [2.75, 3.05) is 0 Å². The van der Waals surface area contributed by atoms with E-state index in [1.54, 1.807) is 6.07 Å². The lowest BCUT2D eigenvalue weighted by Crippen LogP contribution is -2.29. The molecule has 0 aliphatic heterocycles. The Balaban J connectivity index is 2.02. The number of hydrazine groups is 1. The van der Waals surface area contributed by atoms with Gasteiger partial charge in [0.25, 0.3) is 5.91 Å². The SMILES string of the molecule is Cc1cc(C)cc(OCc2cc(C(=O)NN)co2)c1. The number of nitrogen functional groups attached to an aromatic ring is 1. The number of amides is 1. The number of aryl methyl sites for hydroxylation is 2. The van der Waals surface area contributed by atoms with E-state index >= 15 is 0 Å². The minimum atomic E-state index is -0.388. The molecule has 0 saturated heterocycles. The Bertz CT molecular complexity index is 570. The molecule has 0 aliphatic carbocycles. The number of rotatable bonds is 4. The number of nitrogens with two attached hydrogens (primary N) is 1. The minimum absolute atomic E-state index is 0.265. The van der Waals surface area contributed by atoms with Crippen LogP contribution in [0, 0.1) is 13.8 Å². The lowest BCUT2D eigenvalue weighted by Gasteiger charge is -2.06. The lowest BCUT2D eigenvalue weighted by molar-refractivity contribution is 0.0953. The van der Waals surface area contributed by atoms with Crippen molar-refractivity contribution in [1.29, 1.82) is 0 Å². The largest absolute Gasteiger partial charge is 0.486 e. The number of nitrogens with one attached hydrogen (secondary N) is 1. The predicted octanol–water partition coefficient (Wildman–Crippen LogP) is 2.08. The van der Waals surface area contributed by atoms with Gasteiger partial charge < -0.3 is 9.15 Å². The molecule has 0 spiro atoms. The highest BCUT2D eigenvalue weighted by molar-refractivity contribution is 5.93. The van der Waals surface area contributed by atoms with E-state index in [4.69, 9.17) is 15.0 Å². The Labute approximate surface area is 111 Å². The van der Waals surface area contributed by atoms with Crippen LogP contribution in [0.5, 0.6) is 5.75 Å². The highest BCUT2D eigenvalue weighted by Gasteiger charge is 2.09. The molecule has 0 bridgehead atoms. The van der Waals surface area contributed by atoms with E-state index in [1.807, 2.05) is 31.4 Å². The second-order valence-corrected chi connectivity index (χ2v) is 4.39. The number of carbonyl (C=O) groups is 1. The van der Waals surface area contributed by atoms with E-state index in [9.17, 15) is 4.79 Å². The van der Waals surface area contributed by atoms with E-state index < -0.39 is 0 Å². The Morgan fingerprint density at radius 2 is 1.95 bits per heavy atom. The summed E-state index contributed by atoms with van der Waals surface area (Å²) in [7, 11) is 0. The summed E-state index contributed by atoms with van der Waals surface area (Å²) >= 11 is 0. The van der Waals surface area contributed by atoms with E-state index in [2.05, 4.69) is 6.07 Å². The third-order valence-corrected chi connectivity index (χ3v) is 2.62. The first-order chi connectivity index (χ1) is 9.08. The fraction of sp³-hybridized carbons (Fsp3) is 0.214. The minimum Gasteiger partial charge on any atom is -0.486 e. The van der Waals surface area contributed by atoms with Crippen LogP contribution in [0.15, 0.2) is 34.9 Å². The van der Waals surface area contributed by atoms with Crippen LogP contribution in [-0.4, -0.2) is 5.91 Å². The van der Waals surface area contributed by atoms with E-state index in [1.165, 1.54) is 6.26 Å². The zero-order valence-electron chi connectivity index (χ0n) is 10.9. The molecule has 3 N–H and O–H groups in total. The number of ether oxygens (including phenoxy) is 1. The van der Waals surface area contributed by atoms with Crippen LogP contribution in [0.2, 0.25) is 0 Å². The summed E-state index contributed by atoms with van der Waals surface area (Å²) in [5.74, 6) is 6.00. The van der Waals surface area contributed by atoms with Crippen molar-refractivity contribution in [2.45, 2.75) is 20.5 Å². The Morgan fingerprint density at radius 1 is 1.26 bits per heavy atom. The average molecular weight is 260 g/mol. The first-order valence-electron chi connectivity index (χ1n) is 5.88. The number of benzene rings is 1. The number of carbonyl (C=O) groups excluding carboxylic acids is 1. The summed E-state index contributed by atoms with van der Waals surface area (Å²) in [6.45, 7) is 4.29. The fourth-order valence-corrected chi connectivity index (χ4v) is 1.83. The molecule has 2 rings (SSSR count). The first-order valence-corrected chi connectivity index (χ1v) is 5.88. The summed E-state index contributed by atoms with van der Waals surface area (Å²) in [6.07, 6.45) is 1.35. The van der Waals surface area contributed by atoms with Crippen molar-refractivity contribution in [2.24, 2.45) is 5.84 Å². The van der Waals surface area contributed by atoms with E-state index in [-0.39, 0.29) is 12.5 Å². The molecule has 2 aromatic rings. The van der Waals surface area contributed by atoms with Gasteiger partial charge in [-0.15, -0.1) is 0 Å². The smallest absolute Gasteiger partial charge is 0.268 e. The molecule has 1 aromatic carbocycles. The fourth-order valence-electron chi connectivity index (χ4n) is 1.83. The highest BCUT2D eigenvalue weighted by atomic mass is 16.5. The molecule has 5 nitrogen and oxygen atoms in total. The van der Waals surface area contributed by atoms with Crippen molar-refractivity contribution in [3.63, 3.8) is 0 Å². The molecule has 0 radical (unpaired) electrons. The van der Waals surface area contributed by atoms with Gasteiger partial charge in [-0.2, -0.15) is 0 Å². The van der Waals surface area contributed by atoms with Gasteiger partial charge in [0.1, 0.15) is 24.4 Å². The second kappa shape index (κ2) is 5.58. The van der Waals surface area contributed by atoms with Gasteiger partial charge in [0.05, 0.1) is 5.56 Å². The second-order valence-electron chi connectivity index (χ2n) is 4.39. The van der Waals surface area contributed by atoms with Crippen molar-refractivity contribution in [1.82, 2.24) is 5.43 Å². The van der Waals surface area contributed by atoms with Crippen molar-refractivity contribution >= 4 is 5.91 Å². The van der Waals surface area contributed by atoms with Gasteiger partial charge in [-0.05, 0) is 43.2 Å². The summed E-state index contributed by atoms with van der Waals surface area (Å²) in [6, 6.07) is 7.57. The Hall–Kier alpha value is -2.27. The maximum atomic E-state index is 11.3. The average Bonchev–Trinajstić information content (AvgIpc) is 2.83. The normalized spacial score (nSPS) is 10.3. The third kappa shape index (κ3) is 3.35. The molecule has 0 atom stereocenters. The summed E-state index contributed by atoms with van der Waals surface area (Å²) in [5, 5.41) is 0. The maximum absolute atomic E-state index is 11.3. The lowest BCUT2D eigenvalue weighted by atomic mass is 10.1. The quantitative estimate of drug-likeness (QED) is 0.501. The van der Waals surface area contributed by atoms with Gasteiger partial charge in [0.2, 0.25) is 0 Å². The van der Waals surface area contributed by atoms with E-state index in [0.717, 1.165) is 16.9 Å². The Morgan fingerprint density at radius 3 is 2.58 bits per heavy atom. The Kier molecular flexibility index (Phi) is 3.87. The molecule has 1 aromatic heterocycles. The molecule has 1 amide bonds. The van der Waals surface area contributed by atoms with Gasteiger partial charge in [-0.25, -0.2) is 5.84 Å². The van der Waals surface area contributed by atoms with Crippen LogP contribution in [-0.2, 0) is 6.61 Å². The van der Waals surface area contributed by atoms with Crippen LogP contribution < -0.4 is 16.0 Å². The molecule has 0 saturated carbocycles. The van der Waals surface area contributed by atoms with Crippen LogP contribution >= 0.6 is 0 Å². The topological polar surface area (TPSA) is 77.5 Å². The molecule has 5 heteroatoms. The van der Waals surface area contributed by atoms with Crippen LogP contribution in [0.25, 0.3) is 0 Å². The molecular weight excluding hydrogens is 244 g/mol. The molecule has 0 aliphatic rings. The summed E-state index contributed by atoms with van der Waals surface area (Å²) in [4.78, 5) is 11.3. The van der Waals surface area contributed by atoms with Crippen LogP contribution in [0.4, 0.5) is 0 Å². The third-order valence-electron chi connectivity index (χ3n) is 2.62. The van der Waals surface area contributed by atoms with Gasteiger partial charge in [-0.3, -0.25) is 10.2 Å². The molecule has 19 heavy (non-hydrogen) atoms. The van der Waals surface area contributed by atoms with Gasteiger partial charge in [0.15, 0.2) is 0 Å². The van der Waals surface area contributed by atoms with Gasteiger partial charge in [0, 0.05) is 0 Å². The predicted molar refractivity (Wildman–Crippen MR) is 70.6 cm³/mol. The number of hydrogen-bond acceptors (Lipinski definition) is 4.